The van der Waals surface area contributed by atoms with Gasteiger partial charge in [0.1, 0.15) is 0 Å². The van der Waals surface area contributed by atoms with Crippen LogP contribution >= 0.6 is 0 Å². The van der Waals surface area contributed by atoms with Crippen molar-refractivity contribution in [3.63, 3.8) is 0 Å². The molecule has 2 nitrogen and oxygen atoms in total. The van der Waals surface area contributed by atoms with Crippen molar-refractivity contribution in [2.24, 2.45) is 0 Å². The number of hydrogen-bond donors (Lipinski definition) is 1. The molecule has 0 saturated carbocycles. The summed E-state index contributed by atoms with van der Waals surface area (Å²) in [7, 11) is 0. The van der Waals surface area contributed by atoms with Gasteiger partial charge in [-0.15, -0.1) is 0 Å². The maximum Gasteiger partial charge on any atom is 0.181 e. The third-order valence-corrected chi connectivity index (χ3v) is 1.72. The van der Waals surface area contributed by atoms with Crippen LogP contribution in [-0.2, 0) is 11.3 Å². The quantitative estimate of drug-likeness (QED) is 0.580. The monoisotopic (exact) mass is 136 g/mol. The summed E-state index contributed by atoms with van der Waals surface area (Å²) < 4.78 is 4.98. The van der Waals surface area contributed by atoms with E-state index in [9.17, 15) is 0 Å². The molecule has 2 rings (SSSR count). The highest BCUT2D eigenvalue weighted by atomic mass is 16.6. The van der Waals surface area contributed by atoms with Gasteiger partial charge in [0.25, 0.3) is 0 Å². The molecule has 0 amide bonds. The average Bonchev–Trinajstić information content (AvgIpc) is 2.34. The molecule has 10 heavy (non-hydrogen) atoms. The number of aliphatic hydroxyl groups is 1. The summed E-state index contributed by atoms with van der Waals surface area (Å²) in [5, 5.41) is 9.16. The summed E-state index contributed by atoms with van der Waals surface area (Å²) in [6, 6.07) is 7.69. The Morgan fingerprint density at radius 2 is 2.20 bits per heavy atom. The average molecular weight is 136 g/mol. The first-order chi connectivity index (χ1) is 4.88. The molecule has 1 heterocycles. The van der Waals surface area contributed by atoms with Crippen molar-refractivity contribution in [2.45, 2.75) is 12.9 Å². The molecule has 0 spiro atoms. The predicted octanol–water partition coefficient (Wildman–Crippen LogP) is 1.21. The van der Waals surface area contributed by atoms with E-state index in [0.717, 1.165) is 11.1 Å². The molecule has 1 N–H and O–H groups in total. The van der Waals surface area contributed by atoms with Crippen LogP contribution in [0.4, 0.5) is 0 Å². The third kappa shape index (κ3) is 0.735. The van der Waals surface area contributed by atoms with E-state index in [1.165, 1.54) is 0 Å². The largest absolute Gasteiger partial charge is 0.364 e. The molecule has 0 bridgehead atoms. The molecule has 0 aromatic heterocycles. The molecule has 1 aromatic carbocycles. The molecular formula is C8H8O2. The van der Waals surface area contributed by atoms with Crippen LogP contribution in [0.25, 0.3) is 0 Å². The van der Waals surface area contributed by atoms with Crippen LogP contribution in [0.15, 0.2) is 24.3 Å². The van der Waals surface area contributed by atoms with E-state index in [0.29, 0.717) is 6.61 Å². The van der Waals surface area contributed by atoms with Crippen LogP contribution in [0.1, 0.15) is 17.4 Å². The Kier molecular flexibility index (Phi) is 1.22. The van der Waals surface area contributed by atoms with Crippen LogP contribution in [0, 0.1) is 0 Å². The smallest absolute Gasteiger partial charge is 0.181 e. The number of ether oxygens (including phenoxy) is 1. The van der Waals surface area contributed by atoms with Gasteiger partial charge < -0.3 is 9.84 Å². The van der Waals surface area contributed by atoms with Crippen LogP contribution in [0.3, 0.4) is 0 Å². The third-order valence-electron chi connectivity index (χ3n) is 1.72. The Morgan fingerprint density at radius 3 is 3.00 bits per heavy atom. The van der Waals surface area contributed by atoms with E-state index < -0.39 is 6.29 Å². The SMILES string of the molecule is O[C@@H]1OCc2ccccc21. The van der Waals surface area contributed by atoms with Crippen molar-refractivity contribution in [3.05, 3.63) is 35.4 Å². The highest BCUT2D eigenvalue weighted by Crippen LogP contribution is 2.27. The Hall–Kier alpha value is -0.860. The lowest BCUT2D eigenvalue weighted by Gasteiger charge is -1.99. The van der Waals surface area contributed by atoms with Crippen molar-refractivity contribution in [1.29, 1.82) is 0 Å². The Labute approximate surface area is 59.1 Å². The van der Waals surface area contributed by atoms with E-state index in [1.807, 2.05) is 24.3 Å². The van der Waals surface area contributed by atoms with E-state index >= 15 is 0 Å². The number of benzene rings is 1. The topological polar surface area (TPSA) is 29.5 Å². The van der Waals surface area contributed by atoms with Gasteiger partial charge >= 0.3 is 0 Å². The first kappa shape index (κ1) is 5.89. The van der Waals surface area contributed by atoms with Gasteiger partial charge in [-0.2, -0.15) is 0 Å². The molecule has 0 fully saturated rings. The number of aliphatic hydroxyl groups excluding tert-OH is 1. The van der Waals surface area contributed by atoms with Crippen LogP contribution in [-0.4, -0.2) is 5.11 Å². The Morgan fingerprint density at radius 1 is 1.40 bits per heavy atom. The van der Waals surface area contributed by atoms with Crippen LogP contribution in [0.2, 0.25) is 0 Å². The highest BCUT2D eigenvalue weighted by molar-refractivity contribution is 5.29. The summed E-state index contributed by atoms with van der Waals surface area (Å²) in [6.45, 7) is 0.539. The Balaban J connectivity index is 2.51. The second-order valence-corrected chi connectivity index (χ2v) is 2.36. The minimum Gasteiger partial charge on any atom is -0.364 e. The van der Waals surface area contributed by atoms with Crippen molar-refractivity contribution in [2.75, 3.05) is 0 Å². The summed E-state index contributed by atoms with van der Waals surface area (Å²) in [5.74, 6) is 0. The van der Waals surface area contributed by atoms with E-state index in [1.54, 1.807) is 0 Å². The fourth-order valence-corrected chi connectivity index (χ4v) is 1.17. The zero-order chi connectivity index (χ0) is 6.97. The lowest BCUT2D eigenvalue weighted by Crippen LogP contribution is -1.90. The molecule has 1 aliphatic heterocycles. The molecule has 1 atom stereocenters. The van der Waals surface area contributed by atoms with E-state index in [4.69, 9.17) is 9.84 Å². The minimum absolute atomic E-state index is 0.539. The fourth-order valence-electron chi connectivity index (χ4n) is 1.17. The van der Waals surface area contributed by atoms with Gasteiger partial charge in [-0.05, 0) is 5.56 Å². The first-order valence-electron chi connectivity index (χ1n) is 3.25. The molecule has 2 heteroatoms. The summed E-state index contributed by atoms with van der Waals surface area (Å²) in [5.41, 5.74) is 2.00. The van der Waals surface area contributed by atoms with E-state index in [2.05, 4.69) is 0 Å². The number of fused-ring (bicyclic) bond motifs is 1. The van der Waals surface area contributed by atoms with Crippen molar-refractivity contribution >= 4 is 0 Å². The zero-order valence-corrected chi connectivity index (χ0v) is 5.45. The number of hydrogen-bond acceptors (Lipinski definition) is 2. The first-order valence-corrected chi connectivity index (χ1v) is 3.25. The van der Waals surface area contributed by atoms with Gasteiger partial charge in [0, 0.05) is 5.56 Å². The predicted molar refractivity (Wildman–Crippen MR) is 36.2 cm³/mol. The lowest BCUT2D eigenvalue weighted by atomic mass is 10.1. The van der Waals surface area contributed by atoms with Gasteiger partial charge in [-0.3, -0.25) is 0 Å². The number of rotatable bonds is 0. The maximum atomic E-state index is 9.16. The molecule has 0 unspecified atom stereocenters. The summed E-state index contributed by atoms with van der Waals surface area (Å²) in [6.07, 6.45) is -0.698. The van der Waals surface area contributed by atoms with E-state index in [-0.39, 0.29) is 0 Å². The normalized spacial score (nSPS) is 22.7. The summed E-state index contributed by atoms with van der Waals surface area (Å²) >= 11 is 0. The highest BCUT2D eigenvalue weighted by Gasteiger charge is 2.18. The van der Waals surface area contributed by atoms with Gasteiger partial charge in [-0.25, -0.2) is 0 Å². The maximum absolute atomic E-state index is 9.16. The molecule has 1 aromatic rings. The van der Waals surface area contributed by atoms with Gasteiger partial charge in [-0.1, -0.05) is 24.3 Å². The van der Waals surface area contributed by atoms with Crippen LogP contribution in [0.5, 0.6) is 0 Å². The molecule has 1 aliphatic rings. The molecule has 0 saturated heterocycles. The molecule has 0 radical (unpaired) electrons. The fraction of sp³-hybridized carbons (Fsp3) is 0.250. The molecule has 52 valence electrons. The van der Waals surface area contributed by atoms with Gasteiger partial charge in [0.15, 0.2) is 6.29 Å². The second-order valence-electron chi connectivity index (χ2n) is 2.36. The minimum atomic E-state index is -0.698. The van der Waals surface area contributed by atoms with Crippen molar-refractivity contribution < 1.29 is 9.84 Å². The Bertz CT molecular complexity index is 245. The summed E-state index contributed by atoms with van der Waals surface area (Å²) in [4.78, 5) is 0. The van der Waals surface area contributed by atoms with Gasteiger partial charge in [0.05, 0.1) is 6.61 Å². The standard InChI is InChI=1S/C8H8O2/c9-8-7-4-2-1-3-6(7)5-10-8/h1-4,8-9H,5H2/t8-/m1/s1. The van der Waals surface area contributed by atoms with Crippen molar-refractivity contribution in [3.8, 4) is 0 Å². The molecule has 0 aliphatic carbocycles. The molecular weight excluding hydrogens is 128 g/mol. The van der Waals surface area contributed by atoms with Crippen molar-refractivity contribution in [1.82, 2.24) is 0 Å². The van der Waals surface area contributed by atoms with Gasteiger partial charge in [0.2, 0.25) is 0 Å². The zero-order valence-electron chi connectivity index (χ0n) is 5.45. The second kappa shape index (κ2) is 2.08. The van der Waals surface area contributed by atoms with Crippen LogP contribution < -0.4 is 0 Å². The lowest BCUT2D eigenvalue weighted by molar-refractivity contribution is -0.0918.